The van der Waals surface area contributed by atoms with Gasteiger partial charge >= 0.3 is 5.97 Å². The van der Waals surface area contributed by atoms with Crippen LogP contribution in [-0.2, 0) is 14.3 Å². The maximum atomic E-state index is 12.1. The van der Waals surface area contributed by atoms with E-state index in [1.165, 1.54) is 19.2 Å². The molecule has 6 nitrogen and oxygen atoms in total. The van der Waals surface area contributed by atoms with Gasteiger partial charge < -0.3 is 14.8 Å². The Kier molecular flexibility index (Phi) is 6.83. The van der Waals surface area contributed by atoms with E-state index in [1.807, 2.05) is 26.0 Å². The summed E-state index contributed by atoms with van der Waals surface area (Å²) >= 11 is 11.7. The number of rotatable bonds is 6. The van der Waals surface area contributed by atoms with Crippen LogP contribution in [-0.4, -0.2) is 29.6 Å². The predicted octanol–water partition coefficient (Wildman–Crippen LogP) is 3.95. The molecule has 1 aromatic heterocycles. The summed E-state index contributed by atoms with van der Waals surface area (Å²) < 4.78 is 10.5. The van der Waals surface area contributed by atoms with E-state index in [0.29, 0.717) is 10.8 Å². The zero-order valence-electron chi connectivity index (χ0n) is 14.5. The first-order valence-electron chi connectivity index (χ1n) is 7.77. The van der Waals surface area contributed by atoms with E-state index in [-0.39, 0.29) is 17.4 Å². The fourth-order valence-electron chi connectivity index (χ4n) is 2.11. The first kappa shape index (κ1) is 20.0. The molecular formula is C18H18Cl2N2O4. The molecule has 0 radical (unpaired) electrons. The molecule has 0 bridgehead atoms. The average molecular weight is 397 g/mol. The molecule has 2 aromatic rings. The number of halogens is 2. The standard InChI is InChI=1S/C18H18Cl2N2O4/c1-10-4-5-15(11(2)6-10)25-9-16(23)26-12(3)18(24)22-17-14(20)7-13(19)8-21-17/h4-8,12H,9H2,1-3H3,(H,21,22,24)/t12-/m0/s1. The van der Waals surface area contributed by atoms with Gasteiger partial charge in [-0.05, 0) is 38.5 Å². The van der Waals surface area contributed by atoms with Crippen molar-refractivity contribution < 1.29 is 19.1 Å². The van der Waals surface area contributed by atoms with Crippen molar-refractivity contribution in [3.63, 3.8) is 0 Å². The number of hydrogen-bond donors (Lipinski definition) is 1. The maximum absolute atomic E-state index is 12.1. The average Bonchev–Trinajstić information content (AvgIpc) is 2.56. The van der Waals surface area contributed by atoms with E-state index in [0.717, 1.165) is 11.1 Å². The molecule has 0 aliphatic rings. The van der Waals surface area contributed by atoms with Gasteiger partial charge in [0, 0.05) is 6.20 Å². The third kappa shape index (κ3) is 5.61. The minimum atomic E-state index is -1.04. The zero-order valence-corrected chi connectivity index (χ0v) is 16.0. The van der Waals surface area contributed by atoms with Crippen LogP contribution >= 0.6 is 23.2 Å². The van der Waals surface area contributed by atoms with Gasteiger partial charge in [0.05, 0.1) is 10.0 Å². The highest BCUT2D eigenvalue weighted by molar-refractivity contribution is 6.36. The topological polar surface area (TPSA) is 77.5 Å². The molecule has 2 rings (SSSR count). The van der Waals surface area contributed by atoms with Gasteiger partial charge in [0.25, 0.3) is 5.91 Å². The lowest BCUT2D eigenvalue weighted by atomic mass is 10.1. The number of aryl methyl sites for hydroxylation is 2. The van der Waals surface area contributed by atoms with Gasteiger partial charge in [0.2, 0.25) is 0 Å². The number of carbonyl (C=O) groups excluding carboxylic acids is 2. The van der Waals surface area contributed by atoms with Crippen LogP contribution in [0.15, 0.2) is 30.5 Å². The minimum Gasteiger partial charge on any atom is -0.482 e. The summed E-state index contributed by atoms with van der Waals surface area (Å²) in [6.07, 6.45) is 0.302. The number of ether oxygens (including phenoxy) is 2. The van der Waals surface area contributed by atoms with E-state index >= 15 is 0 Å². The monoisotopic (exact) mass is 396 g/mol. The molecule has 8 heteroatoms. The molecule has 1 atom stereocenters. The van der Waals surface area contributed by atoms with Crippen LogP contribution in [0.5, 0.6) is 5.75 Å². The van der Waals surface area contributed by atoms with Crippen molar-refractivity contribution in [2.24, 2.45) is 0 Å². The summed E-state index contributed by atoms with van der Waals surface area (Å²) in [6.45, 7) is 4.98. The van der Waals surface area contributed by atoms with Gasteiger partial charge in [-0.3, -0.25) is 4.79 Å². The molecule has 1 aromatic carbocycles. The Balaban J connectivity index is 1.86. The Hall–Kier alpha value is -2.31. The second-order valence-electron chi connectivity index (χ2n) is 5.66. The number of nitrogens with one attached hydrogen (secondary N) is 1. The fraction of sp³-hybridized carbons (Fsp3) is 0.278. The number of carbonyl (C=O) groups is 2. The lowest BCUT2D eigenvalue weighted by Gasteiger charge is -2.14. The number of benzene rings is 1. The second-order valence-corrected chi connectivity index (χ2v) is 6.51. The highest BCUT2D eigenvalue weighted by Gasteiger charge is 2.20. The van der Waals surface area contributed by atoms with Gasteiger partial charge in [0.1, 0.15) is 5.75 Å². The van der Waals surface area contributed by atoms with Crippen molar-refractivity contribution in [1.29, 1.82) is 0 Å². The second kappa shape index (κ2) is 8.87. The Bertz CT molecular complexity index is 827. The van der Waals surface area contributed by atoms with Gasteiger partial charge in [-0.25, -0.2) is 9.78 Å². The van der Waals surface area contributed by atoms with Crippen molar-refractivity contribution in [3.8, 4) is 5.75 Å². The summed E-state index contributed by atoms with van der Waals surface area (Å²) in [5, 5.41) is 3.00. The smallest absolute Gasteiger partial charge is 0.344 e. The Morgan fingerprint density at radius 2 is 1.96 bits per heavy atom. The molecule has 0 aliphatic carbocycles. The summed E-state index contributed by atoms with van der Waals surface area (Å²) in [6, 6.07) is 7.05. The van der Waals surface area contributed by atoms with E-state index < -0.39 is 18.0 Å². The van der Waals surface area contributed by atoms with Crippen molar-refractivity contribution >= 4 is 40.9 Å². The van der Waals surface area contributed by atoms with E-state index in [9.17, 15) is 9.59 Å². The van der Waals surface area contributed by atoms with Gasteiger partial charge in [-0.15, -0.1) is 0 Å². The summed E-state index contributed by atoms with van der Waals surface area (Å²) in [7, 11) is 0. The third-order valence-corrected chi connectivity index (χ3v) is 3.90. The highest BCUT2D eigenvalue weighted by Crippen LogP contribution is 2.23. The molecule has 1 amide bonds. The first-order chi connectivity index (χ1) is 12.3. The number of aromatic nitrogens is 1. The van der Waals surface area contributed by atoms with E-state index in [2.05, 4.69) is 10.3 Å². The van der Waals surface area contributed by atoms with Gasteiger partial charge in [0.15, 0.2) is 18.5 Å². The Labute approximate surface area is 161 Å². The molecule has 1 N–H and O–H groups in total. The molecule has 138 valence electrons. The number of hydrogen-bond acceptors (Lipinski definition) is 5. The van der Waals surface area contributed by atoms with Crippen LogP contribution in [0.4, 0.5) is 5.82 Å². The molecule has 0 unspecified atom stereocenters. The molecule has 0 fully saturated rings. The number of pyridine rings is 1. The maximum Gasteiger partial charge on any atom is 0.344 e. The Morgan fingerprint density at radius 1 is 1.23 bits per heavy atom. The summed E-state index contributed by atoms with van der Waals surface area (Å²) in [4.78, 5) is 27.9. The zero-order chi connectivity index (χ0) is 19.3. The van der Waals surface area contributed by atoms with Gasteiger partial charge in [-0.1, -0.05) is 40.9 Å². The predicted molar refractivity (Wildman–Crippen MR) is 99.9 cm³/mol. The van der Waals surface area contributed by atoms with Crippen LogP contribution in [0.25, 0.3) is 0 Å². The summed E-state index contributed by atoms with van der Waals surface area (Å²) in [5.41, 5.74) is 2.00. The molecular weight excluding hydrogens is 379 g/mol. The molecule has 1 heterocycles. The molecule has 0 spiro atoms. The van der Waals surface area contributed by atoms with Gasteiger partial charge in [-0.2, -0.15) is 0 Å². The Morgan fingerprint density at radius 3 is 2.62 bits per heavy atom. The van der Waals surface area contributed by atoms with Crippen LogP contribution in [0.2, 0.25) is 10.0 Å². The van der Waals surface area contributed by atoms with Crippen molar-refractivity contribution in [3.05, 3.63) is 51.6 Å². The number of anilines is 1. The van der Waals surface area contributed by atoms with Crippen LogP contribution in [0.3, 0.4) is 0 Å². The first-order valence-corrected chi connectivity index (χ1v) is 8.53. The van der Waals surface area contributed by atoms with Crippen molar-refractivity contribution in [1.82, 2.24) is 4.98 Å². The lowest BCUT2D eigenvalue weighted by Crippen LogP contribution is -2.32. The highest BCUT2D eigenvalue weighted by atomic mass is 35.5. The van der Waals surface area contributed by atoms with Crippen LogP contribution in [0, 0.1) is 13.8 Å². The fourth-order valence-corrected chi connectivity index (χ4v) is 2.53. The largest absolute Gasteiger partial charge is 0.482 e. The normalized spacial score (nSPS) is 11.6. The molecule has 0 aliphatic heterocycles. The summed E-state index contributed by atoms with van der Waals surface area (Å²) in [5.74, 6) is -0.512. The van der Waals surface area contributed by atoms with Crippen molar-refractivity contribution in [2.45, 2.75) is 26.9 Å². The van der Waals surface area contributed by atoms with Crippen LogP contribution < -0.4 is 10.1 Å². The van der Waals surface area contributed by atoms with Crippen LogP contribution in [0.1, 0.15) is 18.1 Å². The minimum absolute atomic E-state index is 0.135. The third-order valence-electron chi connectivity index (χ3n) is 3.40. The molecule has 26 heavy (non-hydrogen) atoms. The SMILES string of the molecule is Cc1ccc(OCC(=O)O[C@@H](C)C(=O)Nc2ncc(Cl)cc2Cl)c(C)c1. The molecule has 0 saturated carbocycles. The van der Waals surface area contributed by atoms with E-state index in [1.54, 1.807) is 6.07 Å². The molecule has 0 saturated heterocycles. The van der Waals surface area contributed by atoms with E-state index in [4.69, 9.17) is 32.7 Å². The number of nitrogens with zero attached hydrogens (tertiary/aromatic N) is 1. The number of amides is 1. The number of esters is 1. The van der Waals surface area contributed by atoms with Crippen molar-refractivity contribution in [2.75, 3.05) is 11.9 Å². The lowest BCUT2D eigenvalue weighted by molar-refractivity contribution is -0.155. The quantitative estimate of drug-likeness (QED) is 0.747.